The van der Waals surface area contributed by atoms with Crippen LogP contribution >= 0.6 is 0 Å². The van der Waals surface area contributed by atoms with Crippen molar-refractivity contribution in [1.29, 1.82) is 0 Å². The molecule has 1 saturated heterocycles. The number of benzene rings is 2. The lowest BCUT2D eigenvalue weighted by molar-refractivity contribution is -0.125. The van der Waals surface area contributed by atoms with Gasteiger partial charge < -0.3 is 20.3 Å². The first-order chi connectivity index (χ1) is 16.7. The van der Waals surface area contributed by atoms with Crippen LogP contribution in [-0.2, 0) is 4.79 Å². The second kappa shape index (κ2) is 11.9. The summed E-state index contributed by atoms with van der Waals surface area (Å²) in [4.78, 5) is 41.3. The van der Waals surface area contributed by atoms with Gasteiger partial charge in [-0.3, -0.25) is 14.4 Å². The van der Waals surface area contributed by atoms with E-state index in [1.807, 2.05) is 58.0 Å². The van der Waals surface area contributed by atoms with E-state index in [1.54, 1.807) is 30.2 Å². The highest BCUT2D eigenvalue weighted by molar-refractivity contribution is 5.99. The van der Waals surface area contributed by atoms with Gasteiger partial charge >= 0.3 is 0 Å². The summed E-state index contributed by atoms with van der Waals surface area (Å²) in [5.41, 5.74) is 1.95. The molecule has 7 heteroatoms. The van der Waals surface area contributed by atoms with Crippen molar-refractivity contribution in [1.82, 2.24) is 15.5 Å². The Labute approximate surface area is 208 Å². The number of carbonyl (C=O) groups is 3. The Kier molecular flexibility index (Phi) is 8.90. The highest BCUT2D eigenvalue weighted by Gasteiger charge is 2.35. The first-order valence-electron chi connectivity index (χ1n) is 12.3. The highest BCUT2D eigenvalue weighted by Crippen LogP contribution is 2.26. The lowest BCUT2D eigenvalue weighted by Gasteiger charge is -2.36. The molecule has 35 heavy (non-hydrogen) atoms. The summed E-state index contributed by atoms with van der Waals surface area (Å²) in [5.74, 6) is 0.219. The van der Waals surface area contributed by atoms with Gasteiger partial charge in [-0.2, -0.15) is 0 Å². The molecule has 188 valence electrons. The van der Waals surface area contributed by atoms with E-state index in [4.69, 9.17) is 4.74 Å². The number of para-hydroxylation sites is 1. The van der Waals surface area contributed by atoms with Crippen molar-refractivity contribution in [3.63, 3.8) is 0 Å². The number of methoxy groups -OCH3 is 1. The van der Waals surface area contributed by atoms with Crippen molar-refractivity contribution < 1.29 is 19.1 Å². The number of hydrogen-bond donors (Lipinski definition) is 2. The molecule has 0 aliphatic carbocycles. The van der Waals surface area contributed by atoms with E-state index in [-0.39, 0.29) is 35.6 Å². The van der Waals surface area contributed by atoms with Crippen molar-refractivity contribution >= 4 is 17.7 Å². The first-order valence-corrected chi connectivity index (χ1v) is 12.3. The van der Waals surface area contributed by atoms with Crippen molar-refractivity contribution in [2.75, 3.05) is 20.2 Å². The summed E-state index contributed by atoms with van der Waals surface area (Å²) in [7, 11) is 1.55. The summed E-state index contributed by atoms with van der Waals surface area (Å²) in [6.07, 6.45) is 1.23. The van der Waals surface area contributed by atoms with Crippen molar-refractivity contribution in [2.45, 2.75) is 52.6 Å². The molecule has 1 fully saturated rings. The van der Waals surface area contributed by atoms with Gasteiger partial charge in [0.25, 0.3) is 11.8 Å². The lowest BCUT2D eigenvalue weighted by atomic mass is 9.87. The molecule has 1 aliphatic heterocycles. The van der Waals surface area contributed by atoms with Gasteiger partial charge in [0.1, 0.15) is 11.8 Å². The smallest absolute Gasteiger partial charge is 0.257 e. The predicted molar refractivity (Wildman–Crippen MR) is 136 cm³/mol. The summed E-state index contributed by atoms with van der Waals surface area (Å²) < 4.78 is 5.35. The molecule has 2 unspecified atom stereocenters. The minimum Gasteiger partial charge on any atom is -0.496 e. The van der Waals surface area contributed by atoms with E-state index in [1.165, 1.54) is 0 Å². The van der Waals surface area contributed by atoms with E-state index in [0.29, 0.717) is 42.8 Å². The fourth-order valence-corrected chi connectivity index (χ4v) is 4.35. The molecule has 3 amide bonds. The highest BCUT2D eigenvalue weighted by atomic mass is 16.5. The quantitative estimate of drug-likeness (QED) is 0.603. The summed E-state index contributed by atoms with van der Waals surface area (Å²) in [6, 6.07) is 13.8. The van der Waals surface area contributed by atoms with Gasteiger partial charge in [-0.15, -0.1) is 0 Å². The molecule has 1 aliphatic rings. The van der Waals surface area contributed by atoms with E-state index in [0.717, 1.165) is 5.56 Å². The Morgan fingerprint density at radius 1 is 0.914 bits per heavy atom. The second-order valence-corrected chi connectivity index (χ2v) is 9.64. The molecule has 2 atom stereocenters. The first kappa shape index (κ1) is 26.3. The fraction of sp³-hybridized carbons (Fsp3) is 0.464. The maximum absolute atomic E-state index is 13.3. The molecule has 1 heterocycles. The van der Waals surface area contributed by atoms with Crippen LogP contribution in [0.1, 0.15) is 59.9 Å². The number of aryl methyl sites for hydroxylation is 1. The van der Waals surface area contributed by atoms with E-state index in [9.17, 15) is 14.4 Å². The molecule has 2 aromatic carbocycles. The molecule has 0 bridgehead atoms. The van der Waals surface area contributed by atoms with Crippen molar-refractivity contribution in [2.24, 2.45) is 11.8 Å². The van der Waals surface area contributed by atoms with Crippen molar-refractivity contribution in [3.05, 3.63) is 65.2 Å². The SMILES string of the molecule is COc1ccccc1C(=O)N1CCC(C(NC(=O)c2ccccc2C)C(=O)NC(C)C(C)C)CC1. The molecule has 0 radical (unpaired) electrons. The third-order valence-electron chi connectivity index (χ3n) is 6.96. The molecule has 3 rings (SSSR count). The fourth-order valence-electron chi connectivity index (χ4n) is 4.35. The van der Waals surface area contributed by atoms with Gasteiger partial charge in [0.2, 0.25) is 5.91 Å². The molecular weight excluding hydrogens is 442 g/mol. The van der Waals surface area contributed by atoms with Gasteiger partial charge in [0.15, 0.2) is 0 Å². The Bertz CT molecular complexity index is 1040. The molecule has 0 spiro atoms. The van der Waals surface area contributed by atoms with Gasteiger partial charge in [-0.1, -0.05) is 44.2 Å². The maximum atomic E-state index is 13.3. The zero-order valence-corrected chi connectivity index (χ0v) is 21.3. The van der Waals surface area contributed by atoms with Gasteiger partial charge in [0, 0.05) is 24.7 Å². The molecule has 2 aromatic rings. The topological polar surface area (TPSA) is 87.7 Å². The number of hydrogen-bond acceptors (Lipinski definition) is 4. The monoisotopic (exact) mass is 479 g/mol. The normalized spacial score (nSPS) is 15.9. The van der Waals surface area contributed by atoms with E-state index >= 15 is 0 Å². The number of ether oxygens (including phenoxy) is 1. The number of nitrogens with zero attached hydrogens (tertiary/aromatic N) is 1. The summed E-state index contributed by atoms with van der Waals surface area (Å²) in [6.45, 7) is 8.96. The average Bonchev–Trinajstić information content (AvgIpc) is 2.86. The van der Waals surface area contributed by atoms with E-state index in [2.05, 4.69) is 10.6 Å². The van der Waals surface area contributed by atoms with Gasteiger partial charge in [-0.25, -0.2) is 0 Å². The third-order valence-corrected chi connectivity index (χ3v) is 6.96. The Balaban J connectivity index is 1.74. The zero-order valence-electron chi connectivity index (χ0n) is 21.3. The van der Waals surface area contributed by atoms with Gasteiger partial charge in [-0.05, 0) is 62.3 Å². The third kappa shape index (κ3) is 6.41. The molecular formula is C28H37N3O4. The largest absolute Gasteiger partial charge is 0.496 e. The number of likely N-dealkylation sites (tertiary alicyclic amines) is 1. The molecule has 0 aromatic heterocycles. The van der Waals surface area contributed by atoms with Crippen LogP contribution in [0, 0.1) is 18.8 Å². The standard InChI is InChI=1S/C28H37N3O4/c1-18(2)20(4)29-27(33)25(30-26(32)22-11-7-6-10-19(22)3)21-14-16-31(17-15-21)28(34)23-12-8-9-13-24(23)35-5/h6-13,18,20-21,25H,14-17H2,1-5H3,(H,29,33)(H,30,32). The predicted octanol–water partition coefficient (Wildman–Crippen LogP) is 3.82. The number of nitrogens with one attached hydrogen (secondary N) is 2. The minimum absolute atomic E-state index is 0.0208. The lowest BCUT2D eigenvalue weighted by Crippen LogP contribution is -2.55. The van der Waals surface area contributed by atoms with Crippen molar-refractivity contribution in [3.8, 4) is 5.75 Å². The number of carbonyl (C=O) groups excluding carboxylic acids is 3. The van der Waals surface area contributed by atoms with Crippen LogP contribution in [0.2, 0.25) is 0 Å². The number of piperidine rings is 1. The molecule has 7 nitrogen and oxygen atoms in total. The zero-order chi connectivity index (χ0) is 25.5. The Hall–Kier alpha value is -3.35. The second-order valence-electron chi connectivity index (χ2n) is 9.64. The van der Waals surface area contributed by atoms with Crippen LogP contribution in [0.25, 0.3) is 0 Å². The van der Waals surface area contributed by atoms with Crippen LogP contribution in [-0.4, -0.2) is 54.9 Å². The average molecular weight is 480 g/mol. The van der Waals surface area contributed by atoms with E-state index < -0.39 is 6.04 Å². The minimum atomic E-state index is -0.674. The number of rotatable bonds is 8. The maximum Gasteiger partial charge on any atom is 0.257 e. The molecule has 2 N–H and O–H groups in total. The van der Waals surface area contributed by atoms with Crippen LogP contribution in [0.15, 0.2) is 48.5 Å². The number of amides is 3. The van der Waals surface area contributed by atoms with Crippen LogP contribution in [0.5, 0.6) is 5.75 Å². The van der Waals surface area contributed by atoms with Crippen LogP contribution in [0.4, 0.5) is 0 Å². The Morgan fingerprint density at radius 3 is 2.11 bits per heavy atom. The molecule has 0 saturated carbocycles. The van der Waals surface area contributed by atoms with Crippen LogP contribution < -0.4 is 15.4 Å². The van der Waals surface area contributed by atoms with Gasteiger partial charge in [0.05, 0.1) is 12.7 Å². The van der Waals surface area contributed by atoms with Crippen LogP contribution in [0.3, 0.4) is 0 Å². The Morgan fingerprint density at radius 2 is 1.51 bits per heavy atom. The summed E-state index contributed by atoms with van der Waals surface area (Å²) >= 11 is 0. The summed E-state index contributed by atoms with van der Waals surface area (Å²) in [5, 5.41) is 6.08.